The molecular formula is C26H38IN3O3. The second-order valence-corrected chi connectivity index (χ2v) is 8.46. The van der Waals surface area contributed by atoms with Crippen molar-refractivity contribution >= 4 is 29.9 Å². The number of aliphatic imine (C=N–C) groups is 1. The van der Waals surface area contributed by atoms with E-state index in [-0.39, 0.29) is 42.7 Å². The fourth-order valence-corrected chi connectivity index (χ4v) is 3.98. The number of halogens is 1. The lowest BCUT2D eigenvalue weighted by Crippen LogP contribution is -2.42. The van der Waals surface area contributed by atoms with Crippen LogP contribution in [-0.2, 0) is 4.74 Å². The third kappa shape index (κ3) is 8.79. The van der Waals surface area contributed by atoms with Gasteiger partial charge in [0.1, 0.15) is 5.75 Å². The Morgan fingerprint density at radius 3 is 2.67 bits per heavy atom. The molecule has 6 nitrogen and oxygen atoms in total. The third-order valence-corrected chi connectivity index (χ3v) is 5.49. The van der Waals surface area contributed by atoms with Crippen LogP contribution in [0.5, 0.6) is 5.75 Å². The van der Waals surface area contributed by atoms with E-state index in [4.69, 9.17) is 9.47 Å². The zero-order valence-electron chi connectivity index (χ0n) is 19.9. The summed E-state index contributed by atoms with van der Waals surface area (Å²) < 4.78 is 11.8. The molecule has 0 spiro atoms. The minimum absolute atomic E-state index is 0. The Hall–Kier alpha value is -1.84. The molecule has 1 aliphatic heterocycles. The second-order valence-electron chi connectivity index (χ2n) is 8.46. The molecule has 0 aliphatic carbocycles. The lowest BCUT2D eigenvalue weighted by atomic mass is 9.89. The first-order valence-corrected chi connectivity index (χ1v) is 11.7. The van der Waals surface area contributed by atoms with Crippen LogP contribution in [0.4, 0.5) is 0 Å². The molecule has 3 unspecified atom stereocenters. The van der Waals surface area contributed by atoms with Crippen molar-refractivity contribution in [1.82, 2.24) is 10.6 Å². The number of aliphatic hydroxyl groups excluding tert-OH is 1. The highest BCUT2D eigenvalue weighted by Crippen LogP contribution is 2.33. The first kappa shape index (κ1) is 27.4. The molecule has 182 valence electrons. The van der Waals surface area contributed by atoms with Gasteiger partial charge in [0.25, 0.3) is 0 Å². The largest absolute Gasteiger partial charge is 0.491 e. The number of rotatable bonds is 9. The molecule has 1 heterocycles. The molecule has 0 saturated carbocycles. The summed E-state index contributed by atoms with van der Waals surface area (Å²) in [6.45, 7) is 8.60. The molecule has 3 N–H and O–H groups in total. The van der Waals surface area contributed by atoms with Crippen LogP contribution in [-0.4, -0.2) is 43.4 Å². The van der Waals surface area contributed by atoms with Gasteiger partial charge in [-0.25, -0.2) is 0 Å². The normalized spacial score (nSPS) is 19.5. The van der Waals surface area contributed by atoms with Gasteiger partial charge in [-0.3, -0.25) is 4.99 Å². The third-order valence-electron chi connectivity index (χ3n) is 5.49. The molecule has 1 aliphatic rings. The average molecular weight is 568 g/mol. The molecule has 7 heteroatoms. The van der Waals surface area contributed by atoms with Crippen molar-refractivity contribution in [3.05, 3.63) is 65.7 Å². The monoisotopic (exact) mass is 567 g/mol. The van der Waals surface area contributed by atoms with Crippen molar-refractivity contribution in [2.75, 3.05) is 26.2 Å². The molecule has 2 aromatic rings. The summed E-state index contributed by atoms with van der Waals surface area (Å²) in [5.74, 6) is 1.83. The van der Waals surface area contributed by atoms with Crippen LogP contribution in [0.1, 0.15) is 56.9 Å². The fourth-order valence-electron chi connectivity index (χ4n) is 3.98. The van der Waals surface area contributed by atoms with Crippen molar-refractivity contribution in [3.8, 4) is 5.75 Å². The highest BCUT2D eigenvalue weighted by molar-refractivity contribution is 14.0. The summed E-state index contributed by atoms with van der Waals surface area (Å²) in [6, 6.07) is 18.0. The van der Waals surface area contributed by atoms with Gasteiger partial charge < -0.3 is 25.2 Å². The molecule has 1 fully saturated rings. The maximum Gasteiger partial charge on any atom is 0.191 e. The van der Waals surface area contributed by atoms with Gasteiger partial charge in [0.05, 0.1) is 24.9 Å². The van der Waals surface area contributed by atoms with Crippen molar-refractivity contribution < 1.29 is 14.6 Å². The molecule has 0 bridgehead atoms. The molecule has 0 radical (unpaired) electrons. The number of benzene rings is 2. The summed E-state index contributed by atoms with van der Waals surface area (Å²) in [7, 11) is 0. The summed E-state index contributed by atoms with van der Waals surface area (Å²) in [5, 5.41) is 17.4. The first-order chi connectivity index (χ1) is 15.6. The van der Waals surface area contributed by atoms with Gasteiger partial charge >= 0.3 is 0 Å². The SMILES string of the molecule is CCNC(=NCC(O)c1cccc(OC(C)C)c1)NCC1CCCOC1c1ccccc1.I. The van der Waals surface area contributed by atoms with Gasteiger partial charge in [-0.05, 0) is 56.9 Å². The van der Waals surface area contributed by atoms with Crippen LogP contribution >= 0.6 is 24.0 Å². The first-order valence-electron chi connectivity index (χ1n) is 11.7. The summed E-state index contributed by atoms with van der Waals surface area (Å²) in [6.07, 6.45) is 1.66. The van der Waals surface area contributed by atoms with Crippen LogP contribution in [0, 0.1) is 5.92 Å². The lowest BCUT2D eigenvalue weighted by molar-refractivity contribution is -0.0265. The van der Waals surface area contributed by atoms with Gasteiger partial charge in [-0.15, -0.1) is 24.0 Å². The Morgan fingerprint density at radius 2 is 1.94 bits per heavy atom. The summed E-state index contributed by atoms with van der Waals surface area (Å²) >= 11 is 0. The number of nitrogens with one attached hydrogen (secondary N) is 2. The zero-order chi connectivity index (χ0) is 22.8. The molecule has 33 heavy (non-hydrogen) atoms. The molecule has 2 aromatic carbocycles. The Balaban J connectivity index is 0.00000385. The van der Waals surface area contributed by atoms with Gasteiger partial charge in [-0.1, -0.05) is 42.5 Å². The van der Waals surface area contributed by atoms with Crippen LogP contribution in [0.3, 0.4) is 0 Å². The van der Waals surface area contributed by atoms with E-state index in [1.807, 2.05) is 51.1 Å². The Kier molecular flexibility index (Phi) is 12.0. The standard InChI is InChI=1S/C26H37N3O3.HI/c1-4-27-26(29-18-24(30)21-12-8-14-23(16-21)32-19(2)3)28-17-22-13-9-15-31-25(22)20-10-6-5-7-11-20;/h5-8,10-12,14,16,19,22,24-25,30H,4,9,13,15,17-18H2,1-3H3,(H2,27,28,29);1H. The van der Waals surface area contributed by atoms with Crippen LogP contribution in [0.15, 0.2) is 59.6 Å². The maximum absolute atomic E-state index is 10.7. The minimum Gasteiger partial charge on any atom is -0.491 e. The summed E-state index contributed by atoms with van der Waals surface area (Å²) in [4.78, 5) is 4.63. The van der Waals surface area contributed by atoms with E-state index in [2.05, 4.69) is 39.9 Å². The van der Waals surface area contributed by atoms with E-state index in [1.165, 1.54) is 5.56 Å². The fraction of sp³-hybridized carbons (Fsp3) is 0.500. The number of aliphatic hydroxyl groups is 1. The smallest absolute Gasteiger partial charge is 0.191 e. The number of hydrogen-bond donors (Lipinski definition) is 3. The van der Waals surface area contributed by atoms with Gasteiger partial charge in [0.2, 0.25) is 0 Å². The number of nitrogens with zero attached hydrogens (tertiary/aromatic N) is 1. The van der Waals surface area contributed by atoms with Crippen LogP contribution < -0.4 is 15.4 Å². The molecule has 0 amide bonds. The van der Waals surface area contributed by atoms with E-state index in [0.29, 0.717) is 11.9 Å². The van der Waals surface area contributed by atoms with Gasteiger partial charge in [-0.2, -0.15) is 0 Å². The molecule has 3 rings (SSSR count). The Bertz CT molecular complexity index is 848. The van der Waals surface area contributed by atoms with E-state index < -0.39 is 6.10 Å². The van der Waals surface area contributed by atoms with E-state index in [0.717, 1.165) is 43.9 Å². The number of ether oxygens (including phenoxy) is 2. The highest BCUT2D eigenvalue weighted by Gasteiger charge is 2.27. The molecular weight excluding hydrogens is 529 g/mol. The van der Waals surface area contributed by atoms with E-state index in [1.54, 1.807) is 0 Å². The number of hydrogen-bond acceptors (Lipinski definition) is 4. The molecule has 3 atom stereocenters. The second kappa shape index (κ2) is 14.4. The van der Waals surface area contributed by atoms with Crippen molar-refractivity contribution in [2.45, 2.75) is 51.9 Å². The van der Waals surface area contributed by atoms with Gasteiger partial charge in [0.15, 0.2) is 5.96 Å². The zero-order valence-corrected chi connectivity index (χ0v) is 22.2. The quantitative estimate of drug-likeness (QED) is 0.230. The van der Waals surface area contributed by atoms with Crippen molar-refractivity contribution in [2.24, 2.45) is 10.9 Å². The van der Waals surface area contributed by atoms with Crippen molar-refractivity contribution in [1.29, 1.82) is 0 Å². The number of guanidine groups is 1. The van der Waals surface area contributed by atoms with E-state index >= 15 is 0 Å². The predicted molar refractivity (Wildman–Crippen MR) is 144 cm³/mol. The predicted octanol–water partition coefficient (Wildman–Crippen LogP) is 4.85. The molecule has 1 saturated heterocycles. The van der Waals surface area contributed by atoms with Crippen molar-refractivity contribution in [3.63, 3.8) is 0 Å². The Morgan fingerprint density at radius 1 is 1.15 bits per heavy atom. The van der Waals surface area contributed by atoms with Crippen LogP contribution in [0.25, 0.3) is 0 Å². The minimum atomic E-state index is -0.698. The van der Waals surface area contributed by atoms with Crippen LogP contribution in [0.2, 0.25) is 0 Å². The van der Waals surface area contributed by atoms with E-state index in [9.17, 15) is 5.11 Å². The summed E-state index contributed by atoms with van der Waals surface area (Å²) in [5.41, 5.74) is 2.02. The lowest BCUT2D eigenvalue weighted by Gasteiger charge is -2.32. The highest BCUT2D eigenvalue weighted by atomic mass is 127. The Labute approximate surface area is 215 Å². The topological polar surface area (TPSA) is 75.1 Å². The molecule has 0 aromatic heterocycles. The van der Waals surface area contributed by atoms with Gasteiger partial charge in [0, 0.05) is 25.6 Å². The average Bonchev–Trinajstić information content (AvgIpc) is 2.81. The maximum atomic E-state index is 10.7.